The Morgan fingerprint density at radius 1 is 0.907 bits per heavy atom. The van der Waals surface area contributed by atoms with Gasteiger partial charge in [0.2, 0.25) is 0 Å². The number of aromatic nitrogens is 2. The van der Waals surface area contributed by atoms with E-state index in [1.807, 2.05) is 42.5 Å². The van der Waals surface area contributed by atoms with Gasteiger partial charge < -0.3 is 30.6 Å². The number of halogens is 1. The van der Waals surface area contributed by atoms with E-state index in [0.717, 1.165) is 27.4 Å². The Hall–Kier alpha value is -5.28. The molecule has 4 aromatic carbocycles. The molecular weight excluding hydrogens is 566 g/mol. The summed E-state index contributed by atoms with van der Waals surface area (Å²) in [5.41, 5.74) is 4.73. The predicted octanol–water partition coefficient (Wildman–Crippen LogP) is 6.10. The summed E-state index contributed by atoms with van der Waals surface area (Å²) in [5.74, 6) is -0.895. The second-order valence-corrected chi connectivity index (χ2v) is 10.9. The number of alkyl halides is 1. The van der Waals surface area contributed by atoms with Crippen LogP contribution in [0.4, 0.5) is 11.4 Å². The van der Waals surface area contributed by atoms with Crippen molar-refractivity contribution in [1.29, 1.82) is 0 Å². The molecule has 3 heterocycles. The number of rotatable bonds is 5. The molecule has 0 radical (unpaired) electrons. The van der Waals surface area contributed by atoms with Crippen LogP contribution in [0.1, 0.15) is 42.8 Å². The molecule has 1 aliphatic rings. The second kappa shape index (κ2) is 10.2. The molecule has 10 heteroatoms. The monoisotopic (exact) mass is 591 g/mol. The number of benzene rings is 4. The fraction of sp³-hybridized carbons (Fsp3) is 0.121. The number of aromatic amines is 2. The minimum absolute atomic E-state index is 0.0898. The highest BCUT2D eigenvalue weighted by molar-refractivity contribution is 6.20. The van der Waals surface area contributed by atoms with Gasteiger partial charge >= 0.3 is 0 Å². The van der Waals surface area contributed by atoms with E-state index in [2.05, 4.69) is 20.6 Å². The van der Waals surface area contributed by atoms with E-state index < -0.39 is 0 Å². The van der Waals surface area contributed by atoms with Crippen molar-refractivity contribution in [3.63, 3.8) is 0 Å². The Bertz CT molecular complexity index is 2080. The van der Waals surface area contributed by atoms with E-state index in [4.69, 9.17) is 11.6 Å². The quantitative estimate of drug-likeness (QED) is 0.155. The van der Waals surface area contributed by atoms with Gasteiger partial charge in [-0.05, 0) is 53.4 Å². The van der Waals surface area contributed by atoms with E-state index in [1.165, 1.54) is 13.1 Å². The first-order valence-corrected chi connectivity index (χ1v) is 14.3. The lowest BCUT2D eigenvalue weighted by Crippen LogP contribution is -2.30. The molecule has 0 saturated heterocycles. The highest BCUT2D eigenvalue weighted by Crippen LogP contribution is 2.46. The average molecular weight is 592 g/mol. The third-order valence-electron chi connectivity index (χ3n) is 8.05. The molecule has 0 saturated carbocycles. The number of nitrogens with zero attached hydrogens (tertiary/aromatic N) is 1. The van der Waals surface area contributed by atoms with Gasteiger partial charge in [0.25, 0.3) is 17.7 Å². The molecule has 1 atom stereocenters. The lowest BCUT2D eigenvalue weighted by Gasteiger charge is -2.18. The number of fused-ring (bicyclic) bond motifs is 5. The molecule has 1 unspecified atom stereocenters. The summed E-state index contributed by atoms with van der Waals surface area (Å²) in [7, 11) is 1.54. The van der Waals surface area contributed by atoms with Gasteiger partial charge in [-0.3, -0.25) is 14.4 Å². The van der Waals surface area contributed by atoms with Gasteiger partial charge in [0, 0.05) is 64.3 Å². The van der Waals surface area contributed by atoms with Crippen LogP contribution in [0.15, 0.2) is 78.9 Å². The fourth-order valence-electron chi connectivity index (χ4n) is 6.04. The summed E-state index contributed by atoms with van der Waals surface area (Å²) < 4.78 is 0. The number of amides is 3. The smallest absolute Gasteiger partial charge is 0.274 e. The number of aromatic hydroxyl groups is 1. The number of hydrogen-bond donors (Lipinski definition) is 5. The van der Waals surface area contributed by atoms with Crippen LogP contribution < -0.4 is 15.5 Å². The van der Waals surface area contributed by atoms with Crippen LogP contribution in [-0.4, -0.2) is 52.3 Å². The van der Waals surface area contributed by atoms with Crippen molar-refractivity contribution in [3.8, 4) is 5.75 Å². The zero-order valence-corrected chi connectivity index (χ0v) is 23.8. The van der Waals surface area contributed by atoms with Crippen LogP contribution in [0, 0.1) is 0 Å². The third kappa shape index (κ3) is 4.36. The number of hydrogen-bond acceptors (Lipinski definition) is 4. The zero-order valence-electron chi connectivity index (χ0n) is 23.0. The Balaban J connectivity index is 1.20. The highest BCUT2D eigenvalue weighted by Gasteiger charge is 2.36. The Kier molecular flexibility index (Phi) is 6.32. The number of phenols is 1. The number of nitrogens with one attached hydrogen (secondary N) is 4. The van der Waals surface area contributed by atoms with Crippen molar-refractivity contribution in [3.05, 3.63) is 101 Å². The Labute approximate surface area is 250 Å². The maximum absolute atomic E-state index is 13.9. The molecule has 214 valence electrons. The molecule has 0 aliphatic carbocycles. The van der Waals surface area contributed by atoms with Gasteiger partial charge in [-0.25, -0.2) is 0 Å². The number of carbonyl (C=O) groups excluding carboxylic acids is 3. The molecule has 43 heavy (non-hydrogen) atoms. The van der Waals surface area contributed by atoms with Gasteiger partial charge in [-0.2, -0.15) is 0 Å². The third-order valence-corrected chi connectivity index (χ3v) is 8.42. The number of phenolic OH excluding ortho intramolecular Hbond substituents is 1. The minimum atomic E-state index is -0.316. The molecule has 0 bridgehead atoms. The van der Waals surface area contributed by atoms with Crippen LogP contribution in [0.3, 0.4) is 0 Å². The molecule has 2 aromatic heterocycles. The standard InChI is InChI=1S/C33H26ClN5O4/c1-35-31(41)22-7-4-6-21-29-19(15-34)16-39(27(29)14-28(40)30(21)22)33(43)26-13-18-11-20(9-10-24(18)38-26)36-32(42)25-12-17-5-2-3-8-23(17)37-25/h2-14,19,37-38,40H,15-16H2,1H3,(H,35,41)(H,36,42). The summed E-state index contributed by atoms with van der Waals surface area (Å²) in [6.07, 6.45) is 0. The molecule has 3 amide bonds. The second-order valence-electron chi connectivity index (χ2n) is 10.6. The van der Waals surface area contributed by atoms with Crippen LogP contribution in [0.25, 0.3) is 32.6 Å². The van der Waals surface area contributed by atoms with Crippen molar-refractivity contribution in [2.24, 2.45) is 0 Å². The van der Waals surface area contributed by atoms with Gasteiger partial charge in [0.05, 0.1) is 11.3 Å². The van der Waals surface area contributed by atoms with E-state index in [9.17, 15) is 19.5 Å². The van der Waals surface area contributed by atoms with Gasteiger partial charge in [0.15, 0.2) is 0 Å². The van der Waals surface area contributed by atoms with E-state index >= 15 is 0 Å². The fourth-order valence-corrected chi connectivity index (χ4v) is 6.29. The molecule has 1 aliphatic heterocycles. The van der Waals surface area contributed by atoms with Crippen LogP contribution in [0.2, 0.25) is 0 Å². The van der Waals surface area contributed by atoms with Crippen molar-refractivity contribution in [2.45, 2.75) is 5.92 Å². The predicted molar refractivity (Wildman–Crippen MR) is 169 cm³/mol. The molecule has 7 rings (SSSR count). The van der Waals surface area contributed by atoms with Crippen LogP contribution >= 0.6 is 11.6 Å². The van der Waals surface area contributed by atoms with Gasteiger partial charge in [-0.1, -0.05) is 30.3 Å². The summed E-state index contributed by atoms with van der Waals surface area (Å²) in [5, 5.41) is 19.4. The molecule has 9 nitrogen and oxygen atoms in total. The summed E-state index contributed by atoms with van der Waals surface area (Å²) in [6, 6.07) is 23.4. The summed E-state index contributed by atoms with van der Waals surface area (Å²) in [4.78, 5) is 47.2. The van der Waals surface area contributed by atoms with Gasteiger partial charge in [0.1, 0.15) is 17.1 Å². The largest absolute Gasteiger partial charge is 0.507 e. The van der Waals surface area contributed by atoms with E-state index in [1.54, 1.807) is 35.2 Å². The lowest BCUT2D eigenvalue weighted by molar-refractivity contribution is 0.0961. The Morgan fingerprint density at radius 3 is 2.47 bits per heavy atom. The first kappa shape index (κ1) is 26.6. The SMILES string of the molecule is CNC(=O)c1cccc2c3c(cc(O)c12)N(C(=O)c1cc2cc(NC(=O)c4cc5ccccc5[nH]4)ccc2[nH]1)CC3CCl. The Morgan fingerprint density at radius 2 is 1.67 bits per heavy atom. The van der Waals surface area contributed by atoms with Crippen LogP contribution in [-0.2, 0) is 0 Å². The van der Waals surface area contributed by atoms with Crippen molar-refractivity contribution < 1.29 is 19.5 Å². The first-order valence-electron chi connectivity index (χ1n) is 13.8. The van der Waals surface area contributed by atoms with E-state index in [-0.39, 0.29) is 35.3 Å². The zero-order chi connectivity index (χ0) is 29.8. The topological polar surface area (TPSA) is 130 Å². The number of anilines is 2. The normalized spacial score (nSPS) is 14.4. The minimum Gasteiger partial charge on any atom is -0.507 e. The van der Waals surface area contributed by atoms with Gasteiger partial charge in [-0.15, -0.1) is 11.6 Å². The molecule has 0 spiro atoms. The molecule has 0 fully saturated rings. The van der Waals surface area contributed by atoms with Crippen molar-refractivity contribution >= 4 is 73.3 Å². The average Bonchev–Trinajstić information content (AvgIpc) is 3.75. The molecular formula is C33H26ClN5O4. The van der Waals surface area contributed by atoms with Crippen LogP contribution in [0.5, 0.6) is 5.75 Å². The maximum atomic E-state index is 13.9. The number of para-hydroxylation sites is 1. The maximum Gasteiger partial charge on any atom is 0.274 e. The summed E-state index contributed by atoms with van der Waals surface area (Å²) >= 11 is 6.39. The first-order chi connectivity index (χ1) is 20.9. The van der Waals surface area contributed by atoms with Crippen molar-refractivity contribution in [1.82, 2.24) is 15.3 Å². The lowest BCUT2D eigenvalue weighted by atomic mass is 9.93. The highest BCUT2D eigenvalue weighted by atomic mass is 35.5. The molecule has 6 aromatic rings. The molecule has 5 N–H and O–H groups in total. The van der Waals surface area contributed by atoms with E-state index in [0.29, 0.717) is 45.6 Å². The number of H-pyrrole nitrogens is 2. The van der Waals surface area contributed by atoms with Crippen molar-refractivity contribution in [2.75, 3.05) is 29.7 Å². The number of carbonyl (C=O) groups is 3. The summed E-state index contributed by atoms with van der Waals surface area (Å²) in [6.45, 7) is 0.321.